The van der Waals surface area contributed by atoms with Crippen LogP contribution in [0.3, 0.4) is 0 Å². The monoisotopic (exact) mass is 257 g/mol. The van der Waals surface area contributed by atoms with Crippen LogP contribution >= 0.6 is 8.15 Å². The summed E-state index contributed by atoms with van der Waals surface area (Å²) >= 11 is 0. The lowest BCUT2D eigenvalue weighted by atomic mass is 10.1. The first-order chi connectivity index (χ1) is 7.60. The van der Waals surface area contributed by atoms with Crippen LogP contribution < -0.4 is 4.57 Å². The molecule has 0 fully saturated rings. The standard InChI is InChI=1S/C13H26N2OP/c1-12(2,3)15-9-8-14(10-15)11-16-17(7)13(4,5)6/h8-10H,11H2,1-7H3/q+1. The van der Waals surface area contributed by atoms with Gasteiger partial charge in [-0.2, -0.15) is 0 Å². The normalized spacial score (nSPS) is 15.0. The minimum absolute atomic E-state index is 0.131. The van der Waals surface area contributed by atoms with E-state index in [0.717, 1.165) is 0 Å². The number of hydrogen-bond donors (Lipinski definition) is 0. The SMILES string of the molecule is CP(OC[n+]1ccn(C(C)(C)C)c1)C(C)(C)C. The molecule has 1 atom stereocenters. The zero-order valence-electron chi connectivity index (χ0n) is 12.2. The molecule has 0 saturated heterocycles. The summed E-state index contributed by atoms with van der Waals surface area (Å²) in [5.41, 5.74) is 0.131. The summed E-state index contributed by atoms with van der Waals surface area (Å²) in [5, 5.41) is 0.252. The average Bonchev–Trinajstić information content (AvgIpc) is 2.59. The van der Waals surface area contributed by atoms with E-state index < -0.39 is 8.15 Å². The van der Waals surface area contributed by atoms with Gasteiger partial charge < -0.3 is 4.52 Å². The highest BCUT2D eigenvalue weighted by Gasteiger charge is 2.23. The average molecular weight is 257 g/mol. The Bertz CT molecular complexity index is 360. The van der Waals surface area contributed by atoms with Gasteiger partial charge in [-0.15, -0.1) is 0 Å². The Morgan fingerprint density at radius 2 is 1.76 bits per heavy atom. The maximum absolute atomic E-state index is 5.93. The molecule has 0 aliphatic carbocycles. The zero-order valence-corrected chi connectivity index (χ0v) is 13.1. The molecule has 1 unspecified atom stereocenters. The molecule has 0 amide bonds. The number of rotatable bonds is 3. The lowest BCUT2D eigenvalue weighted by Crippen LogP contribution is -2.34. The minimum atomic E-state index is -0.394. The highest BCUT2D eigenvalue weighted by atomic mass is 31.1. The molecule has 0 saturated carbocycles. The summed E-state index contributed by atoms with van der Waals surface area (Å²) in [5.74, 6) is 0. The summed E-state index contributed by atoms with van der Waals surface area (Å²) in [4.78, 5) is 0. The Kier molecular flexibility index (Phi) is 4.38. The van der Waals surface area contributed by atoms with Gasteiger partial charge >= 0.3 is 0 Å². The van der Waals surface area contributed by atoms with Crippen molar-refractivity contribution in [2.75, 3.05) is 6.66 Å². The molecule has 0 aliphatic heterocycles. The van der Waals surface area contributed by atoms with E-state index in [0.29, 0.717) is 6.73 Å². The zero-order chi connectivity index (χ0) is 13.3. The molecular weight excluding hydrogens is 231 g/mol. The Balaban J connectivity index is 2.57. The molecule has 3 nitrogen and oxygen atoms in total. The predicted molar refractivity (Wildman–Crippen MR) is 73.3 cm³/mol. The second kappa shape index (κ2) is 5.07. The van der Waals surface area contributed by atoms with Crippen LogP contribution in [-0.4, -0.2) is 16.4 Å². The molecular formula is C13H26N2OP+. The molecule has 0 radical (unpaired) electrons. The van der Waals surface area contributed by atoms with Gasteiger partial charge in [-0.1, -0.05) is 20.8 Å². The van der Waals surface area contributed by atoms with Crippen molar-refractivity contribution in [1.29, 1.82) is 0 Å². The van der Waals surface area contributed by atoms with Gasteiger partial charge in [0.2, 0.25) is 6.33 Å². The van der Waals surface area contributed by atoms with Crippen molar-refractivity contribution in [3.63, 3.8) is 0 Å². The molecule has 0 aliphatic rings. The van der Waals surface area contributed by atoms with Gasteiger partial charge in [0.1, 0.15) is 17.9 Å². The first kappa shape index (κ1) is 14.7. The smallest absolute Gasteiger partial charge is 0.246 e. The van der Waals surface area contributed by atoms with Crippen molar-refractivity contribution in [3.8, 4) is 0 Å². The molecule has 17 heavy (non-hydrogen) atoms. The van der Waals surface area contributed by atoms with Gasteiger partial charge in [-0.05, 0) is 27.4 Å². The fourth-order valence-corrected chi connectivity index (χ4v) is 1.91. The molecule has 1 aromatic heterocycles. The van der Waals surface area contributed by atoms with Crippen LogP contribution in [0.5, 0.6) is 0 Å². The third kappa shape index (κ3) is 4.40. The van der Waals surface area contributed by atoms with E-state index in [1.54, 1.807) is 0 Å². The van der Waals surface area contributed by atoms with Crippen LogP contribution in [0.1, 0.15) is 41.5 Å². The summed E-state index contributed by atoms with van der Waals surface area (Å²) in [6, 6.07) is 0. The number of imidazole rings is 1. The fourth-order valence-electron chi connectivity index (χ4n) is 1.21. The van der Waals surface area contributed by atoms with Gasteiger partial charge in [0.05, 0.1) is 0 Å². The first-order valence-electron chi connectivity index (χ1n) is 6.05. The summed E-state index contributed by atoms with van der Waals surface area (Å²) in [7, 11) is -0.394. The van der Waals surface area contributed by atoms with Gasteiger partial charge in [0.25, 0.3) is 0 Å². The van der Waals surface area contributed by atoms with E-state index in [2.05, 4.69) is 76.1 Å². The van der Waals surface area contributed by atoms with E-state index in [1.807, 2.05) is 0 Å². The van der Waals surface area contributed by atoms with Gasteiger partial charge in [-0.25, -0.2) is 9.13 Å². The van der Waals surface area contributed by atoms with Gasteiger partial charge in [0, 0.05) is 13.3 Å². The van der Waals surface area contributed by atoms with Crippen LogP contribution in [-0.2, 0) is 16.8 Å². The van der Waals surface area contributed by atoms with E-state index in [9.17, 15) is 0 Å². The van der Waals surface area contributed by atoms with Gasteiger partial charge in [0.15, 0.2) is 6.73 Å². The maximum Gasteiger partial charge on any atom is 0.246 e. The quantitative estimate of drug-likeness (QED) is 0.600. The van der Waals surface area contributed by atoms with Crippen molar-refractivity contribution in [3.05, 3.63) is 18.7 Å². The largest absolute Gasteiger partial charge is 0.319 e. The Labute approximate surface area is 107 Å². The van der Waals surface area contributed by atoms with Crippen molar-refractivity contribution in [2.24, 2.45) is 0 Å². The van der Waals surface area contributed by atoms with Crippen molar-refractivity contribution in [2.45, 2.75) is 59.0 Å². The molecule has 0 N–H and O–H groups in total. The second-order valence-electron chi connectivity index (χ2n) is 6.43. The van der Waals surface area contributed by atoms with E-state index >= 15 is 0 Å². The molecule has 0 aromatic carbocycles. The van der Waals surface area contributed by atoms with Crippen LogP contribution in [0.4, 0.5) is 0 Å². The number of nitrogens with zero attached hydrogens (tertiary/aromatic N) is 2. The Morgan fingerprint density at radius 3 is 2.18 bits per heavy atom. The molecule has 1 heterocycles. The maximum atomic E-state index is 5.93. The van der Waals surface area contributed by atoms with Crippen molar-refractivity contribution < 1.29 is 9.09 Å². The second-order valence-corrected chi connectivity index (χ2v) is 9.03. The minimum Gasteiger partial charge on any atom is -0.319 e. The molecule has 0 spiro atoms. The molecule has 1 aromatic rings. The lowest BCUT2D eigenvalue weighted by Gasteiger charge is -2.25. The van der Waals surface area contributed by atoms with Crippen LogP contribution in [0, 0.1) is 0 Å². The molecule has 98 valence electrons. The van der Waals surface area contributed by atoms with E-state index in [4.69, 9.17) is 4.52 Å². The van der Waals surface area contributed by atoms with E-state index in [1.165, 1.54) is 0 Å². The number of hydrogen-bond acceptors (Lipinski definition) is 1. The first-order valence-corrected chi connectivity index (χ1v) is 7.75. The van der Waals surface area contributed by atoms with Crippen molar-refractivity contribution >= 4 is 8.15 Å². The van der Waals surface area contributed by atoms with Crippen LogP contribution in [0.25, 0.3) is 0 Å². The topological polar surface area (TPSA) is 18.0 Å². The van der Waals surface area contributed by atoms with E-state index in [-0.39, 0.29) is 10.7 Å². The lowest BCUT2D eigenvalue weighted by molar-refractivity contribution is -0.724. The summed E-state index contributed by atoms with van der Waals surface area (Å²) < 4.78 is 10.2. The predicted octanol–water partition coefficient (Wildman–Crippen LogP) is 3.33. The van der Waals surface area contributed by atoms with Crippen LogP contribution in [0.2, 0.25) is 0 Å². The Hall–Kier alpha value is -0.400. The Morgan fingerprint density at radius 1 is 1.18 bits per heavy atom. The van der Waals surface area contributed by atoms with Gasteiger partial charge in [-0.3, -0.25) is 0 Å². The summed E-state index contributed by atoms with van der Waals surface area (Å²) in [6.07, 6.45) is 6.27. The highest BCUT2D eigenvalue weighted by Crippen LogP contribution is 2.46. The number of aromatic nitrogens is 2. The van der Waals surface area contributed by atoms with Crippen LogP contribution in [0.15, 0.2) is 18.7 Å². The highest BCUT2D eigenvalue weighted by molar-refractivity contribution is 7.53. The molecule has 1 rings (SSSR count). The fraction of sp³-hybridized carbons (Fsp3) is 0.769. The molecule has 4 heteroatoms. The van der Waals surface area contributed by atoms with Crippen molar-refractivity contribution in [1.82, 2.24) is 4.57 Å². The third-order valence-corrected chi connectivity index (χ3v) is 5.20. The summed E-state index contributed by atoms with van der Waals surface area (Å²) in [6.45, 7) is 16.1. The molecule has 0 bridgehead atoms. The third-order valence-electron chi connectivity index (χ3n) is 2.81.